The Bertz CT molecular complexity index is 506. The molecule has 1 aliphatic rings. The zero-order valence-electron chi connectivity index (χ0n) is 12.2. The van der Waals surface area contributed by atoms with Crippen molar-refractivity contribution in [2.75, 3.05) is 5.75 Å². The third-order valence-electron chi connectivity index (χ3n) is 3.52. The van der Waals surface area contributed by atoms with Crippen LogP contribution in [0.15, 0.2) is 4.34 Å². The van der Waals surface area contributed by atoms with E-state index in [-0.39, 0.29) is 17.7 Å². The fourth-order valence-corrected chi connectivity index (χ4v) is 3.98. The van der Waals surface area contributed by atoms with Gasteiger partial charge in [0, 0.05) is 6.04 Å². The molecule has 3 amide bonds. The second-order valence-corrected chi connectivity index (χ2v) is 7.67. The molecule has 1 fully saturated rings. The molecule has 0 spiro atoms. The van der Waals surface area contributed by atoms with Crippen LogP contribution in [0.1, 0.15) is 37.6 Å². The van der Waals surface area contributed by atoms with E-state index in [1.807, 2.05) is 6.92 Å². The second-order valence-electron chi connectivity index (χ2n) is 5.27. The van der Waals surface area contributed by atoms with E-state index in [0.717, 1.165) is 28.6 Å². The summed E-state index contributed by atoms with van der Waals surface area (Å²) in [6.45, 7) is 4.00. The number of hydrogen-bond acceptors (Lipinski definition) is 6. The van der Waals surface area contributed by atoms with Gasteiger partial charge in [-0.2, -0.15) is 0 Å². The number of rotatable bonds is 4. The lowest BCUT2D eigenvalue weighted by molar-refractivity contribution is -0.117. The van der Waals surface area contributed by atoms with Gasteiger partial charge in [-0.05, 0) is 25.7 Å². The number of nitrogens with one attached hydrogen (secondary N) is 2. The quantitative estimate of drug-likeness (QED) is 0.829. The lowest BCUT2D eigenvalue weighted by Gasteiger charge is -2.29. The Morgan fingerprint density at radius 2 is 2.10 bits per heavy atom. The van der Waals surface area contributed by atoms with E-state index >= 15 is 0 Å². The second kappa shape index (κ2) is 7.74. The zero-order valence-corrected chi connectivity index (χ0v) is 13.9. The number of hydrogen-bond donors (Lipinski definition) is 2. The highest BCUT2D eigenvalue weighted by Gasteiger charge is 2.23. The smallest absolute Gasteiger partial charge is 0.321 e. The number of nitrogens with zero attached hydrogens (tertiary/aromatic N) is 2. The summed E-state index contributed by atoms with van der Waals surface area (Å²) in [7, 11) is 0. The van der Waals surface area contributed by atoms with Crippen LogP contribution in [0.2, 0.25) is 0 Å². The molecule has 0 radical (unpaired) electrons. The molecule has 1 aromatic rings. The molecule has 2 N–H and O–H groups in total. The van der Waals surface area contributed by atoms with Crippen molar-refractivity contribution >= 4 is 35.0 Å². The fourth-order valence-electron chi connectivity index (χ4n) is 2.36. The summed E-state index contributed by atoms with van der Waals surface area (Å²) in [5, 5.41) is 13.9. The molecule has 21 heavy (non-hydrogen) atoms. The number of thioether (sulfide) groups is 1. The summed E-state index contributed by atoms with van der Waals surface area (Å²) in [4.78, 5) is 23.5. The average molecular weight is 328 g/mol. The van der Waals surface area contributed by atoms with Crippen LogP contribution in [0, 0.1) is 12.8 Å². The molecule has 1 aliphatic carbocycles. The topological polar surface area (TPSA) is 84.0 Å². The van der Waals surface area contributed by atoms with Gasteiger partial charge in [-0.25, -0.2) is 4.79 Å². The number of imide groups is 1. The Kier molecular flexibility index (Phi) is 5.98. The number of carbonyl (C=O) groups is 2. The van der Waals surface area contributed by atoms with Crippen LogP contribution in [0.3, 0.4) is 0 Å². The van der Waals surface area contributed by atoms with E-state index in [2.05, 4.69) is 27.8 Å². The van der Waals surface area contributed by atoms with Gasteiger partial charge in [-0.15, -0.1) is 10.2 Å². The largest absolute Gasteiger partial charge is 0.335 e. The molecular weight excluding hydrogens is 308 g/mol. The number of carbonyl (C=O) groups excluding carboxylic acids is 2. The molecule has 1 aromatic heterocycles. The molecular formula is C13H20N4O2S2. The Hall–Kier alpha value is -1.15. The predicted molar refractivity (Wildman–Crippen MR) is 83.5 cm³/mol. The minimum atomic E-state index is -0.396. The van der Waals surface area contributed by atoms with E-state index in [1.165, 1.54) is 29.5 Å². The maximum atomic E-state index is 11.8. The first-order chi connectivity index (χ1) is 10.0. The van der Waals surface area contributed by atoms with E-state index in [1.54, 1.807) is 0 Å². The molecule has 0 bridgehead atoms. The molecule has 0 aliphatic heterocycles. The van der Waals surface area contributed by atoms with Gasteiger partial charge in [0.15, 0.2) is 4.34 Å². The first-order valence-electron chi connectivity index (χ1n) is 7.08. The van der Waals surface area contributed by atoms with Crippen molar-refractivity contribution in [3.05, 3.63) is 5.01 Å². The van der Waals surface area contributed by atoms with Crippen LogP contribution in [-0.2, 0) is 4.79 Å². The van der Waals surface area contributed by atoms with E-state index in [0.29, 0.717) is 5.92 Å². The summed E-state index contributed by atoms with van der Waals surface area (Å²) in [6, 6.07) is -0.224. The van der Waals surface area contributed by atoms with Gasteiger partial charge < -0.3 is 5.32 Å². The minimum absolute atomic E-state index is 0.169. The molecule has 0 saturated heterocycles. The normalized spacial score (nSPS) is 21.8. The van der Waals surface area contributed by atoms with Crippen molar-refractivity contribution in [2.45, 2.75) is 49.9 Å². The standard InChI is InChI=1S/C13H20N4O2S2/c1-8-5-3-4-6-10(8)14-12(19)15-11(18)7-20-13-17-16-9(2)21-13/h8,10H,3-7H2,1-2H3,(H2,14,15,18,19). The molecule has 116 valence electrons. The number of aromatic nitrogens is 2. The summed E-state index contributed by atoms with van der Waals surface area (Å²) in [5.74, 6) is 0.328. The summed E-state index contributed by atoms with van der Waals surface area (Å²) < 4.78 is 0.740. The third kappa shape index (κ3) is 5.28. The summed E-state index contributed by atoms with van der Waals surface area (Å²) in [6.07, 6.45) is 4.47. The molecule has 1 heterocycles. The Morgan fingerprint density at radius 1 is 1.33 bits per heavy atom. The Balaban J connectivity index is 1.70. The molecule has 0 aromatic carbocycles. The van der Waals surface area contributed by atoms with Gasteiger partial charge in [0.2, 0.25) is 5.91 Å². The van der Waals surface area contributed by atoms with Crippen LogP contribution in [0.25, 0.3) is 0 Å². The first-order valence-corrected chi connectivity index (χ1v) is 8.88. The maximum Gasteiger partial charge on any atom is 0.321 e. The Labute approximate surface area is 132 Å². The average Bonchev–Trinajstić information content (AvgIpc) is 2.85. The van der Waals surface area contributed by atoms with Crippen LogP contribution >= 0.6 is 23.1 Å². The minimum Gasteiger partial charge on any atom is -0.335 e. The SMILES string of the molecule is Cc1nnc(SCC(=O)NC(=O)NC2CCCCC2C)s1. The van der Waals surface area contributed by atoms with E-state index in [9.17, 15) is 9.59 Å². The summed E-state index contributed by atoms with van der Waals surface area (Å²) >= 11 is 2.73. The van der Waals surface area contributed by atoms with Crippen molar-refractivity contribution in [3.8, 4) is 0 Å². The Morgan fingerprint density at radius 3 is 2.76 bits per heavy atom. The van der Waals surface area contributed by atoms with Crippen molar-refractivity contribution in [1.29, 1.82) is 0 Å². The highest BCUT2D eigenvalue weighted by atomic mass is 32.2. The monoisotopic (exact) mass is 328 g/mol. The third-order valence-corrected chi connectivity index (χ3v) is 5.49. The molecule has 8 heteroatoms. The van der Waals surface area contributed by atoms with E-state index in [4.69, 9.17) is 0 Å². The number of urea groups is 1. The molecule has 2 rings (SSSR count). The van der Waals surface area contributed by atoms with Crippen LogP contribution in [-0.4, -0.2) is 33.9 Å². The van der Waals surface area contributed by atoms with Crippen molar-refractivity contribution in [2.24, 2.45) is 5.92 Å². The van der Waals surface area contributed by atoms with Gasteiger partial charge in [0.1, 0.15) is 5.01 Å². The van der Waals surface area contributed by atoms with Crippen molar-refractivity contribution in [1.82, 2.24) is 20.8 Å². The highest BCUT2D eigenvalue weighted by molar-refractivity contribution is 8.01. The van der Waals surface area contributed by atoms with Gasteiger partial charge in [0.05, 0.1) is 5.75 Å². The molecule has 2 atom stereocenters. The predicted octanol–water partition coefficient (Wildman–Crippen LogP) is 2.34. The van der Waals surface area contributed by atoms with Crippen LogP contribution in [0.4, 0.5) is 4.79 Å². The van der Waals surface area contributed by atoms with Crippen molar-refractivity contribution < 1.29 is 9.59 Å². The van der Waals surface area contributed by atoms with Gasteiger partial charge >= 0.3 is 6.03 Å². The molecule has 6 nitrogen and oxygen atoms in total. The molecule has 1 saturated carbocycles. The van der Waals surface area contributed by atoms with Crippen molar-refractivity contribution in [3.63, 3.8) is 0 Å². The van der Waals surface area contributed by atoms with Gasteiger partial charge in [-0.3, -0.25) is 10.1 Å². The molecule has 2 unspecified atom stereocenters. The first kappa shape index (κ1) is 16.2. The van der Waals surface area contributed by atoms with Crippen LogP contribution in [0.5, 0.6) is 0 Å². The highest BCUT2D eigenvalue weighted by Crippen LogP contribution is 2.23. The lowest BCUT2D eigenvalue weighted by atomic mass is 9.86. The zero-order chi connectivity index (χ0) is 15.2. The van der Waals surface area contributed by atoms with E-state index < -0.39 is 6.03 Å². The number of aryl methyl sites for hydroxylation is 1. The van der Waals surface area contributed by atoms with Crippen LogP contribution < -0.4 is 10.6 Å². The van der Waals surface area contributed by atoms with Gasteiger partial charge in [-0.1, -0.05) is 42.9 Å². The van der Waals surface area contributed by atoms with Gasteiger partial charge in [0.25, 0.3) is 0 Å². The maximum absolute atomic E-state index is 11.8. The summed E-state index contributed by atoms with van der Waals surface area (Å²) in [5.41, 5.74) is 0. The lowest BCUT2D eigenvalue weighted by Crippen LogP contribution is -2.48. The number of amides is 3. The fraction of sp³-hybridized carbons (Fsp3) is 0.692.